The molecule has 1 heterocycles. The molecule has 0 spiro atoms. The van der Waals surface area contributed by atoms with Gasteiger partial charge in [-0.1, -0.05) is 36.4 Å². The number of ether oxygens (including phenoxy) is 1. The monoisotopic (exact) mass is 448 g/mol. The zero-order chi connectivity index (χ0) is 23.1. The number of ketones is 1. The Hall–Kier alpha value is -3.36. The molecule has 9 heteroatoms. The molecule has 2 aromatic rings. The molecule has 0 aliphatic carbocycles. The van der Waals surface area contributed by atoms with Gasteiger partial charge in [0.1, 0.15) is 0 Å². The highest BCUT2D eigenvalue weighted by atomic mass is 19.4. The molecule has 1 fully saturated rings. The minimum absolute atomic E-state index is 0.00724. The molecule has 1 saturated heterocycles. The van der Waals surface area contributed by atoms with E-state index in [1.807, 2.05) is 0 Å². The van der Waals surface area contributed by atoms with Crippen molar-refractivity contribution in [1.82, 2.24) is 4.90 Å². The van der Waals surface area contributed by atoms with Crippen LogP contribution in [-0.4, -0.2) is 55.3 Å². The number of benzene rings is 2. The number of amides is 1. The zero-order valence-electron chi connectivity index (χ0n) is 17.3. The van der Waals surface area contributed by atoms with Gasteiger partial charge in [-0.25, -0.2) is 0 Å². The topological polar surface area (TPSA) is 66.9 Å². The van der Waals surface area contributed by atoms with Crippen LogP contribution in [-0.2, 0) is 20.5 Å². The van der Waals surface area contributed by atoms with Gasteiger partial charge in [-0.3, -0.25) is 14.4 Å². The van der Waals surface area contributed by atoms with Crippen molar-refractivity contribution in [2.24, 2.45) is 0 Å². The lowest BCUT2D eigenvalue weighted by molar-refractivity contribution is -0.152. The number of nitrogens with zero attached hydrogens (tertiary/aromatic N) is 2. The normalized spacial score (nSPS) is 14.2. The number of carbonyl (C=O) groups excluding carboxylic acids is 3. The van der Waals surface area contributed by atoms with Gasteiger partial charge in [0.25, 0.3) is 5.91 Å². The van der Waals surface area contributed by atoms with E-state index < -0.39 is 24.3 Å². The van der Waals surface area contributed by atoms with Crippen molar-refractivity contribution in [2.45, 2.75) is 19.0 Å². The molecule has 0 radical (unpaired) electrons. The lowest BCUT2D eigenvalue weighted by Gasteiger charge is -2.36. The summed E-state index contributed by atoms with van der Waals surface area (Å²) in [4.78, 5) is 39.5. The molecule has 1 aliphatic heterocycles. The number of piperazine rings is 1. The first-order chi connectivity index (χ1) is 15.2. The van der Waals surface area contributed by atoms with Crippen molar-refractivity contribution in [3.05, 3.63) is 65.7 Å². The number of halogens is 3. The number of rotatable bonds is 7. The molecule has 0 saturated carbocycles. The lowest BCUT2D eigenvalue weighted by Crippen LogP contribution is -2.50. The molecular weight excluding hydrogens is 425 g/mol. The van der Waals surface area contributed by atoms with Crippen molar-refractivity contribution in [1.29, 1.82) is 0 Å². The molecule has 1 aliphatic rings. The first-order valence-electron chi connectivity index (χ1n) is 10.2. The highest BCUT2D eigenvalue weighted by Gasteiger charge is 2.31. The Morgan fingerprint density at radius 3 is 2.22 bits per heavy atom. The van der Waals surface area contributed by atoms with Gasteiger partial charge in [-0.15, -0.1) is 0 Å². The Bertz CT molecular complexity index is 955. The molecule has 3 rings (SSSR count). The second-order valence-electron chi connectivity index (χ2n) is 7.37. The average Bonchev–Trinajstić information content (AvgIpc) is 2.81. The number of alkyl halides is 3. The van der Waals surface area contributed by atoms with Crippen LogP contribution in [0, 0.1) is 0 Å². The molecule has 0 N–H and O–H groups in total. The summed E-state index contributed by atoms with van der Waals surface area (Å²) in [5, 5.41) is 0. The van der Waals surface area contributed by atoms with Gasteiger partial charge in [0.2, 0.25) is 0 Å². The van der Waals surface area contributed by atoms with Gasteiger partial charge in [0.05, 0.1) is 12.0 Å². The van der Waals surface area contributed by atoms with Crippen LogP contribution in [0.5, 0.6) is 0 Å². The van der Waals surface area contributed by atoms with E-state index >= 15 is 0 Å². The van der Waals surface area contributed by atoms with E-state index in [1.165, 1.54) is 11.0 Å². The van der Waals surface area contributed by atoms with Crippen LogP contribution in [0.4, 0.5) is 18.9 Å². The number of Topliss-reactive ketones (excluding diaryl/α,β-unsaturated/α-hetero) is 1. The summed E-state index contributed by atoms with van der Waals surface area (Å²) in [6.45, 7) is 0.916. The predicted octanol–water partition coefficient (Wildman–Crippen LogP) is 3.56. The maximum Gasteiger partial charge on any atom is 0.416 e. The average molecular weight is 448 g/mol. The smallest absolute Gasteiger partial charge is 0.416 e. The minimum Gasteiger partial charge on any atom is -0.456 e. The molecule has 2 aromatic carbocycles. The van der Waals surface area contributed by atoms with Gasteiger partial charge < -0.3 is 14.5 Å². The molecule has 0 aromatic heterocycles. The summed E-state index contributed by atoms with van der Waals surface area (Å²) in [7, 11) is 0. The number of carbonyl (C=O) groups is 3. The SMILES string of the molecule is O=C(CCC(=O)c1ccccc1)OCC(=O)N1CCN(c2cccc(C(F)(F)F)c2)CC1. The third-order valence-corrected chi connectivity index (χ3v) is 5.18. The van der Waals surface area contributed by atoms with Crippen molar-refractivity contribution in [3.63, 3.8) is 0 Å². The standard InChI is InChI=1S/C23H23F3N2O4/c24-23(25,26)18-7-4-8-19(15-18)27-11-13-28(14-12-27)21(30)16-32-22(31)10-9-20(29)17-5-2-1-3-6-17/h1-8,15H,9-14,16H2. The van der Waals surface area contributed by atoms with Crippen LogP contribution < -0.4 is 4.90 Å². The van der Waals surface area contributed by atoms with E-state index in [0.29, 0.717) is 37.4 Å². The Kier molecular flexibility index (Phi) is 7.50. The van der Waals surface area contributed by atoms with Crippen molar-refractivity contribution < 1.29 is 32.3 Å². The van der Waals surface area contributed by atoms with E-state index in [2.05, 4.69) is 0 Å². The molecular formula is C23H23F3N2O4. The van der Waals surface area contributed by atoms with E-state index in [4.69, 9.17) is 4.74 Å². The Balaban J connectivity index is 1.41. The Labute approximate surface area is 183 Å². The first kappa shape index (κ1) is 23.3. The zero-order valence-corrected chi connectivity index (χ0v) is 17.3. The molecule has 32 heavy (non-hydrogen) atoms. The molecule has 0 atom stereocenters. The predicted molar refractivity (Wildman–Crippen MR) is 111 cm³/mol. The fourth-order valence-electron chi connectivity index (χ4n) is 3.38. The second-order valence-corrected chi connectivity index (χ2v) is 7.37. The summed E-state index contributed by atoms with van der Waals surface area (Å²) in [5.41, 5.74) is 0.239. The van der Waals surface area contributed by atoms with Gasteiger partial charge >= 0.3 is 12.1 Å². The maximum absolute atomic E-state index is 12.9. The molecule has 170 valence electrons. The third kappa shape index (κ3) is 6.32. The number of anilines is 1. The van der Waals surface area contributed by atoms with Gasteiger partial charge in [-0.05, 0) is 18.2 Å². The fourth-order valence-corrected chi connectivity index (χ4v) is 3.38. The molecule has 0 unspecified atom stereocenters. The summed E-state index contributed by atoms with van der Waals surface area (Å²) in [6, 6.07) is 13.7. The van der Waals surface area contributed by atoms with Gasteiger partial charge in [-0.2, -0.15) is 13.2 Å². The third-order valence-electron chi connectivity index (χ3n) is 5.18. The minimum atomic E-state index is -4.41. The van der Waals surface area contributed by atoms with Crippen LogP contribution in [0.3, 0.4) is 0 Å². The van der Waals surface area contributed by atoms with Gasteiger partial charge in [0, 0.05) is 43.9 Å². The van der Waals surface area contributed by atoms with Crippen molar-refractivity contribution in [3.8, 4) is 0 Å². The second kappa shape index (κ2) is 10.3. The number of hydrogen-bond donors (Lipinski definition) is 0. The highest BCUT2D eigenvalue weighted by Crippen LogP contribution is 2.31. The van der Waals surface area contributed by atoms with E-state index in [9.17, 15) is 27.6 Å². The lowest BCUT2D eigenvalue weighted by atomic mass is 10.1. The first-order valence-corrected chi connectivity index (χ1v) is 10.2. The maximum atomic E-state index is 12.9. The molecule has 1 amide bonds. The Morgan fingerprint density at radius 2 is 1.56 bits per heavy atom. The molecule has 6 nitrogen and oxygen atoms in total. The summed E-state index contributed by atoms with van der Waals surface area (Å²) in [5.74, 6) is -1.19. The molecule has 0 bridgehead atoms. The van der Waals surface area contributed by atoms with E-state index in [0.717, 1.165) is 12.1 Å². The summed E-state index contributed by atoms with van der Waals surface area (Å²) < 4.78 is 43.7. The van der Waals surface area contributed by atoms with Gasteiger partial charge in [0.15, 0.2) is 12.4 Å². The van der Waals surface area contributed by atoms with Crippen molar-refractivity contribution in [2.75, 3.05) is 37.7 Å². The highest BCUT2D eigenvalue weighted by molar-refractivity contribution is 5.97. The van der Waals surface area contributed by atoms with Crippen LogP contribution in [0.25, 0.3) is 0 Å². The van der Waals surface area contributed by atoms with E-state index in [1.54, 1.807) is 41.3 Å². The van der Waals surface area contributed by atoms with Crippen LogP contribution in [0.2, 0.25) is 0 Å². The van der Waals surface area contributed by atoms with Crippen LogP contribution in [0.15, 0.2) is 54.6 Å². The van der Waals surface area contributed by atoms with E-state index in [-0.39, 0.29) is 24.5 Å². The van der Waals surface area contributed by atoms with Crippen LogP contribution in [0.1, 0.15) is 28.8 Å². The quantitative estimate of drug-likeness (QED) is 0.479. The van der Waals surface area contributed by atoms with Crippen LogP contribution >= 0.6 is 0 Å². The summed E-state index contributed by atoms with van der Waals surface area (Å²) in [6.07, 6.45) is -4.54. The summed E-state index contributed by atoms with van der Waals surface area (Å²) >= 11 is 0. The largest absolute Gasteiger partial charge is 0.456 e. The van der Waals surface area contributed by atoms with Crippen molar-refractivity contribution >= 4 is 23.3 Å². The number of esters is 1. The number of hydrogen-bond acceptors (Lipinski definition) is 5. The Morgan fingerprint density at radius 1 is 0.875 bits per heavy atom. The fraction of sp³-hybridized carbons (Fsp3) is 0.348.